The monoisotopic (exact) mass is 306 g/mol. The number of hydrogen-bond donors (Lipinski definition) is 0. The van der Waals surface area contributed by atoms with Gasteiger partial charge in [0.05, 0.1) is 19.7 Å². The van der Waals surface area contributed by atoms with E-state index in [4.69, 9.17) is 4.42 Å². The highest BCUT2D eigenvalue weighted by Crippen LogP contribution is 2.25. The highest BCUT2D eigenvalue weighted by Gasteiger charge is 2.27. The number of aryl methyl sites for hydroxylation is 1. The van der Waals surface area contributed by atoms with Crippen LogP contribution in [0.25, 0.3) is 0 Å². The summed E-state index contributed by atoms with van der Waals surface area (Å²) in [6.45, 7) is 3.87. The third-order valence-electron chi connectivity index (χ3n) is 4.01. The second-order valence-electron chi connectivity index (χ2n) is 5.31. The summed E-state index contributed by atoms with van der Waals surface area (Å²) in [5.41, 5.74) is -0.0896. The summed E-state index contributed by atoms with van der Waals surface area (Å²) in [4.78, 5) is 25.4. The molecule has 0 aliphatic carbocycles. The minimum atomic E-state index is -0.490. The molecule has 0 fully saturated rings. The van der Waals surface area contributed by atoms with Gasteiger partial charge in [0.2, 0.25) is 5.76 Å². The molecule has 2 aromatic heterocycles. The van der Waals surface area contributed by atoms with Crippen molar-refractivity contribution in [3.63, 3.8) is 0 Å². The van der Waals surface area contributed by atoms with Crippen molar-refractivity contribution in [1.29, 1.82) is 0 Å². The van der Waals surface area contributed by atoms with Gasteiger partial charge in [-0.2, -0.15) is 5.10 Å². The third kappa shape index (κ3) is 2.35. The molecule has 0 spiro atoms. The van der Waals surface area contributed by atoms with Crippen LogP contribution in [0.2, 0.25) is 0 Å². The number of aromatic nitrogens is 3. The second-order valence-corrected chi connectivity index (χ2v) is 5.31. The van der Waals surface area contributed by atoms with E-state index >= 15 is 0 Å². The number of hydrogen-bond acceptors (Lipinski definition) is 6. The summed E-state index contributed by atoms with van der Waals surface area (Å²) in [6.07, 6.45) is 0. The summed E-state index contributed by atoms with van der Waals surface area (Å²) in [5.74, 6) is 1.13. The van der Waals surface area contributed by atoms with E-state index in [1.807, 2.05) is 6.92 Å². The molecule has 22 heavy (non-hydrogen) atoms. The summed E-state index contributed by atoms with van der Waals surface area (Å²) < 4.78 is 13.2. The number of carbonyl (C=O) groups excluding carboxylic acids is 1. The van der Waals surface area contributed by atoms with Gasteiger partial charge in [-0.05, 0) is 19.1 Å². The van der Waals surface area contributed by atoms with Crippen molar-refractivity contribution in [3.05, 3.63) is 40.0 Å². The van der Waals surface area contributed by atoms with E-state index in [0.717, 1.165) is 5.82 Å². The Labute approximate surface area is 126 Å². The van der Waals surface area contributed by atoms with Crippen molar-refractivity contribution in [2.45, 2.75) is 26.1 Å². The van der Waals surface area contributed by atoms with E-state index in [2.05, 4.69) is 14.7 Å². The number of esters is 1. The van der Waals surface area contributed by atoms with Crippen molar-refractivity contribution < 1.29 is 13.9 Å². The van der Waals surface area contributed by atoms with Crippen molar-refractivity contribution >= 4 is 5.97 Å². The lowest BCUT2D eigenvalue weighted by atomic mass is 10.2. The van der Waals surface area contributed by atoms with Gasteiger partial charge in [0.1, 0.15) is 11.6 Å². The molecule has 1 atom stereocenters. The zero-order chi connectivity index (χ0) is 15.9. The first kappa shape index (κ1) is 14.6. The van der Waals surface area contributed by atoms with Crippen molar-refractivity contribution in [2.75, 3.05) is 13.7 Å². The molecule has 0 N–H and O–H groups in total. The maximum Gasteiger partial charge on any atom is 0.373 e. The van der Waals surface area contributed by atoms with Gasteiger partial charge in [0.15, 0.2) is 0 Å². The van der Waals surface area contributed by atoms with Crippen LogP contribution < -0.4 is 5.69 Å². The zero-order valence-electron chi connectivity index (χ0n) is 12.8. The Hall–Kier alpha value is -2.35. The lowest BCUT2D eigenvalue weighted by Crippen LogP contribution is -2.38. The quantitative estimate of drug-likeness (QED) is 0.770. The number of ether oxygens (including phenoxy) is 1. The van der Waals surface area contributed by atoms with E-state index < -0.39 is 5.97 Å². The topological polar surface area (TPSA) is 82.5 Å². The largest absolute Gasteiger partial charge is 0.463 e. The lowest BCUT2D eigenvalue weighted by molar-refractivity contribution is 0.0557. The van der Waals surface area contributed by atoms with Gasteiger partial charge >= 0.3 is 11.7 Å². The molecule has 1 aliphatic rings. The molecule has 0 unspecified atom stereocenters. The van der Waals surface area contributed by atoms with E-state index in [1.165, 1.54) is 11.8 Å². The molecule has 0 radical (unpaired) electrons. The van der Waals surface area contributed by atoms with Gasteiger partial charge in [0.25, 0.3) is 0 Å². The maximum absolute atomic E-state index is 11.8. The molecular formula is C14H18N4O4. The summed E-state index contributed by atoms with van der Waals surface area (Å²) in [5, 5.41) is 4.24. The Kier molecular flexibility index (Phi) is 3.61. The van der Waals surface area contributed by atoms with Gasteiger partial charge in [0, 0.05) is 20.1 Å². The number of methoxy groups -OCH3 is 1. The van der Waals surface area contributed by atoms with Crippen LogP contribution in [0.5, 0.6) is 0 Å². The fourth-order valence-corrected chi connectivity index (χ4v) is 2.68. The molecular weight excluding hydrogens is 288 g/mol. The number of nitrogens with zero attached hydrogens (tertiary/aromatic N) is 4. The molecule has 2 aromatic rings. The molecule has 0 saturated carbocycles. The standard InChI is InChI=1S/C14H18N4O4/c1-9(10-4-5-11(22-10)13(19)21-3)17-6-7-18-12(8-17)15-16(2)14(18)20/h4-5,9H,6-8H2,1-3H3/t9-/m1/s1. The van der Waals surface area contributed by atoms with E-state index in [1.54, 1.807) is 23.7 Å². The van der Waals surface area contributed by atoms with Crippen LogP contribution in [-0.2, 0) is 24.9 Å². The van der Waals surface area contributed by atoms with Gasteiger partial charge in [-0.25, -0.2) is 14.3 Å². The number of rotatable bonds is 3. The van der Waals surface area contributed by atoms with Crippen LogP contribution in [0.1, 0.15) is 35.1 Å². The minimum absolute atomic E-state index is 0.0238. The average Bonchev–Trinajstić information content (AvgIpc) is 3.11. The van der Waals surface area contributed by atoms with Crippen LogP contribution in [-0.4, -0.2) is 38.9 Å². The van der Waals surface area contributed by atoms with Crippen molar-refractivity contribution in [3.8, 4) is 0 Å². The van der Waals surface area contributed by atoms with E-state index in [0.29, 0.717) is 25.4 Å². The van der Waals surface area contributed by atoms with Gasteiger partial charge in [-0.3, -0.25) is 9.47 Å². The second kappa shape index (κ2) is 5.45. The Bertz CT molecular complexity index is 757. The molecule has 3 heterocycles. The average molecular weight is 306 g/mol. The van der Waals surface area contributed by atoms with Crippen LogP contribution in [0.4, 0.5) is 0 Å². The molecule has 0 bridgehead atoms. The summed E-state index contributed by atoms with van der Waals surface area (Å²) >= 11 is 0. The molecule has 8 heteroatoms. The fraction of sp³-hybridized carbons (Fsp3) is 0.500. The van der Waals surface area contributed by atoms with E-state index in [-0.39, 0.29) is 17.5 Å². The fourth-order valence-electron chi connectivity index (χ4n) is 2.68. The van der Waals surface area contributed by atoms with Crippen molar-refractivity contribution in [1.82, 2.24) is 19.2 Å². The van der Waals surface area contributed by atoms with Crippen LogP contribution >= 0.6 is 0 Å². The highest BCUT2D eigenvalue weighted by molar-refractivity contribution is 5.86. The first-order chi connectivity index (χ1) is 10.5. The Morgan fingerprint density at radius 2 is 2.18 bits per heavy atom. The summed E-state index contributed by atoms with van der Waals surface area (Å²) in [7, 11) is 2.97. The van der Waals surface area contributed by atoms with Crippen molar-refractivity contribution in [2.24, 2.45) is 7.05 Å². The maximum atomic E-state index is 11.8. The van der Waals surface area contributed by atoms with Crippen LogP contribution in [0.3, 0.4) is 0 Å². The van der Waals surface area contributed by atoms with E-state index in [9.17, 15) is 9.59 Å². The van der Waals surface area contributed by atoms with Crippen LogP contribution in [0.15, 0.2) is 21.3 Å². The first-order valence-electron chi connectivity index (χ1n) is 7.06. The number of fused-ring (bicyclic) bond motifs is 1. The SMILES string of the molecule is COC(=O)c1ccc([C@@H](C)N2CCn3c(nn(C)c3=O)C2)o1. The number of carbonyl (C=O) groups is 1. The third-order valence-corrected chi connectivity index (χ3v) is 4.01. The molecule has 3 rings (SSSR count). The molecule has 118 valence electrons. The van der Waals surface area contributed by atoms with Gasteiger partial charge in [-0.15, -0.1) is 0 Å². The Morgan fingerprint density at radius 1 is 1.41 bits per heavy atom. The molecule has 0 amide bonds. The highest BCUT2D eigenvalue weighted by atomic mass is 16.5. The zero-order valence-corrected chi connectivity index (χ0v) is 12.8. The normalized spacial score (nSPS) is 16.3. The first-order valence-corrected chi connectivity index (χ1v) is 7.06. The summed E-state index contributed by atoms with van der Waals surface area (Å²) in [6, 6.07) is 3.36. The predicted octanol–water partition coefficient (Wildman–Crippen LogP) is 0.538. The molecule has 1 aliphatic heterocycles. The molecule has 8 nitrogen and oxygen atoms in total. The van der Waals surface area contributed by atoms with Crippen LogP contribution in [0, 0.1) is 0 Å². The van der Waals surface area contributed by atoms with Gasteiger partial charge < -0.3 is 9.15 Å². The molecule has 0 saturated heterocycles. The Morgan fingerprint density at radius 3 is 2.91 bits per heavy atom. The van der Waals surface area contributed by atoms with Gasteiger partial charge in [-0.1, -0.05) is 0 Å². The number of furan rings is 1. The smallest absolute Gasteiger partial charge is 0.373 e. The Balaban J connectivity index is 1.79. The lowest BCUT2D eigenvalue weighted by Gasteiger charge is -2.30. The minimum Gasteiger partial charge on any atom is -0.463 e. The predicted molar refractivity (Wildman–Crippen MR) is 76.3 cm³/mol. The molecule has 0 aromatic carbocycles.